The molecule has 0 aliphatic heterocycles. The Morgan fingerprint density at radius 1 is 1.18 bits per heavy atom. The average Bonchev–Trinajstić information content (AvgIpc) is 2.33. The van der Waals surface area contributed by atoms with Crippen molar-refractivity contribution >= 4 is 5.97 Å². The zero-order valence-electron chi connectivity index (χ0n) is 9.93. The number of carboxylic acids is 1. The molecule has 0 saturated heterocycles. The Morgan fingerprint density at radius 3 is 2.29 bits per heavy atom. The van der Waals surface area contributed by atoms with E-state index in [1.165, 1.54) is 18.4 Å². The van der Waals surface area contributed by atoms with Gasteiger partial charge in [-0.3, -0.25) is 0 Å². The van der Waals surface area contributed by atoms with Crippen LogP contribution in [0.4, 0.5) is 0 Å². The zero-order valence-corrected chi connectivity index (χ0v) is 9.93. The van der Waals surface area contributed by atoms with E-state index in [4.69, 9.17) is 10.8 Å². The lowest BCUT2D eigenvalue weighted by atomic mass is 9.83. The molecule has 1 aliphatic rings. The third kappa shape index (κ3) is 3.30. The van der Waals surface area contributed by atoms with Crippen molar-refractivity contribution in [3.63, 3.8) is 0 Å². The maximum absolute atomic E-state index is 10.7. The molecule has 0 unspecified atom stereocenters. The van der Waals surface area contributed by atoms with E-state index in [1.807, 2.05) is 12.1 Å². The molecule has 92 valence electrons. The summed E-state index contributed by atoms with van der Waals surface area (Å²) >= 11 is 0. The summed E-state index contributed by atoms with van der Waals surface area (Å²) in [5, 5.41) is 8.81. The summed E-state index contributed by atoms with van der Waals surface area (Å²) in [5.41, 5.74) is 7.47. The Balaban J connectivity index is 1.92. The number of carboxylic acid groups (broad SMARTS) is 1. The molecule has 0 bridgehead atoms. The summed E-state index contributed by atoms with van der Waals surface area (Å²) in [5.74, 6) is -0.148. The van der Waals surface area contributed by atoms with Gasteiger partial charge in [-0.2, -0.15) is 0 Å². The number of nitrogens with two attached hydrogens (primary N) is 1. The highest BCUT2D eigenvalue weighted by Crippen LogP contribution is 2.26. The first-order valence-electron chi connectivity index (χ1n) is 6.23. The van der Waals surface area contributed by atoms with Crippen LogP contribution in [0, 0.1) is 5.92 Å². The molecule has 1 aliphatic carbocycles. The molecule has 0 spiro atoms. The van der Waals surface area contributed by atoms with Crippen LogP contribution in [0.1, 0.15) is 41.6 Å². The molecule has 0 amide bonds. The second-order valence-electron chi connectivity index (χ2n) is 4.99. The molecule has 0 aromatic heterocycles. The highest BCUT2D eigenvalue weighted by Gasteiger charge is 2.18. The van der Waals surface area contributed by atoms with Crippen molar-refractivity contribution in [3.8, 4) is 0 Å². The van der Waals surface area contributed by atoms with Crippen molar-refractivity contribution in [2.24, 2.45) is 11.7 Å². The molecule has 0 heterocycles. The van der Waals surface area contributed by atoms with Gasteiger partial charge in [0.2, 0.25) is 0 Å². The van der Waals surface area contributed by atoms with Gasteiger partial charge in [-0.1, -0.05) is 12.1 Å². The molecule has 1 aromatic carbocycles. The van der Waals surface area contributed by atoms with Gasteiger partial charge >= 0.3 is 5.97 Å². The first-order chi connectivity index (χ1) is 8.15. The van der Waals surface area contributed by atoms with Crippen LogP contribution < -0.4 is 5.73 Å². The number of hydrogen-bond donors (Lipinski definition) is 2. The molecular formula is C14H19NO2. The first-order valence-corrected chi connectivity index (χ1v) is 6.23. The molecular weight excluding hydrogens is 214 g/mol. The summed E-state index contributed by atoms with van der Waals surface area (Å²) < 4.78 is 0. The van der Waals surface area contributed by atoms with Gasteiger partial charge in [0.25, 0.3) is 0 Å². The van der Waals surface area contributed by atoms with E-state index in [-0.39, 0.29) is 0 Å². The molecule has 0 atom stereocenters. The van der Waals surface area contributed by atoms with Crippen molar-refractivity contribution < 1.29 is 9.90 Å². The van der Waals surface area contributed by atoms with Crippen molar-refractivity contribution in [1.29, 1.82) is 0 Å². The van der Waals surface area contributed by atoms with E-state index in [2.05, 4.69) is 0 Å². The second-order valence-corrected chi connectivity index (χ2v) is 4.99. The van der Waals surface area contributed by atoms with E-state index in [0.29, 0.717) is 17.5 Å². The standard InChI is InChI=1S/C14H19NO2/c15-13-7-3-11(4-8-13)9-10-1-5-12(6-2-10)14(16)17/h1-2,5-6,11,13H,3-4,7-9,15H2,(H,16,17). The molecule has 3 heteroatoms. The smallest absolute Gasteiger partial charge is 0.335 e. The quantitative estimate of drug-likeness (QED) is 0.842. The molecule has 3 nitrogen and oxygen atoms in total. The SMILES string of the molecule is NC1CCC(Cc2ccc(C(=O)O)cc2)CC1. The van der Waals surface area contributed by atoms with Crippen molar-refractivity contribution in [3.05, 3.63) is 35.4 Å². The fourth-order valence-corrected chi connectivity index (χ4v) is 2.51. The monoisotopic (exact) mass is 233 g/mol. The lowest BCUT2D eigenvalue weighted by Crippen LogP contribution is -2.27. The third-order valence-corrected chi connectivity index (χ3v) is 3.62. The molecule has 17 heavy (non-hydrogen) atoms. The van der Waals surface area contributed by atoms with Crippen LogP contribution in [-0.4, -0.2) is 17.1 Å². The number of aromatic carboxylic acids is 1. The predicted octanol–water partition coefficient (Wildman–Crippen LogP) is 2.44. The predicted molar refractivity (Wildman–Crippen MR) is 67.0 cm³/mol. The van der Waals surface area contributed by atoms with Crippen LogP contribution in [0.25, 0.3) is 0 Å². The lowest BCUT2D eigenvalue weighted by Gasteiger charge is -2.26. The van der Waals surface area contributed by atoms with Gasteiger partial charge in [0, 0.05) is 6.04 Å². The van der Waals surface area contributed by atoms with Gasteiger partial charge in [0.1, 0.15) is 0 Å². The number of rotatable bonds is 3. The fraction of sp³-hybridized carbons (Fsp3) is 0.500. The normalized spacial score (nSPS) is 24.5. The zero-order chi connectivity index (χ0) is 12.3. The highest BCUT2D eigenvalue weighted by atomic mass is 16.4. The van der Waals surface area contributed by atoms with E-state index in [0.717, 1.165) is 19.3 Å². The van der Waals surface area contributed by atoms with E-state index < -0.39 is 5.97 Å². The summed E-state index contributed by atoms with van der Waals surface area (Å²) in [6.45, 7) is 0. The van der Waals surface area contributed by atoms with Gasteiger partial charge in [-0.15, -0.1) is 0 Å². The summed E-state index contributed by atoms with van der Waals surface area (Å²) in [6, 6.07) is 7.62. The highest BCUT2D eigenvalue weighted by molar-refractivity contribution is 5.87. The maximum atomic E-state index is 10.7. The van der Waals surface area contributed by atoms with E-state index in [1.54, 1.807) is 12.1 Å². The number of carbonyl (C=O) groups is 1. The van der Waals surface area contributed by atoms with Crippen molar-refractivity contribution in [2.75, 3.05) is 0 Å². The minimum absolute atomic E-state index is 0.361. The van der Waals surface area contributed by atoms with Gasteiger partial charge in [0.15, 0.2) is 0 Å². The number of benzene rings is 1. The summed E-state index contributed by atoms with van der Waals surface area (Å²) in [7, 11) is 0. The Hall–Kier alpha value is -1.35. The minimum atomic E-state index is -0.861. The molecule has 0 radical (unpaired) electrons. The van der Waals surface area contributed by atoms with Gasteiger partial charge in [-0.25, -0.2) is 4.79 Å². The van der Waals surface area contributed by atoms with Crippen LogP contribution in [0.15, 0.2) is 24.3 Å². The Kier molecular flexibility index (Phi) is 3.79. The molecule has 2 rings (SSSR count). The van der Waals surface area contributed by atoms with Crippen LogP contribution in [0.2, 0.25) is 0 Å². The van der Waals surface area contributed by atoms with Crippen LogP contribution in [0.5, 0.6) is 0 Å². The van der Waals surface area contributed by atoms with E-state index in [9.17, 15) is 4.79 Å². The Morgan fingerprint density at radius 2 is 1.76 bits per heavy atom. The summed E-state index contributed by atoms with van der Waals surface area (Å²) in [6.07, 6.45) is 5.69. The maximum Gasteiger partial charge on any atom is 0.335 e. The van der Waals surface area contributed by atoms with Crippen LogP contribution in [0.3, 0.4) is 0 Å². The molecule has 1 saturated carbocycles. The molecule has 3 N–H and O–H groups in total. The van der Waals surface area contributed by atoms with Gasteiger partial charge in [-0.05, 0) is 55.7 Å². The number of hydrogen-bond acceptors (Lipinski definition) is 2. The fourth-order valence-electron chi connectivity index (χ4n) is 2.51. The molecule has 1 aromatic rings. The van der Waals surface area contributed by atoms with Crippen molar-refractivity contribution in [1.82, 2.24) is 0 Å². The molecule has 1 fully saturated rings. The van der Waals surface area contributed by atoms with Crippen LogP contribution in [-0.2, 0) is 6.42 Å². The van der Waals surface area contributed by atoms with E-state index >= 15 is 0 Å². The average molecular weight is 233 g/mol. The summed E-state index contributed by atoms with van der Waals surface area (Å²) in [4.78, 5) is 10.7. The van der Waals surface area contributed by atoms with Gasteiger partial charge < -0.3 is 10.8 Å². The Bertz CT molecular complexity index is 378. The Labute approximate surface area is 102 Å². The minimum Gasteiger partial charge on any atom is -0.478 e. The second kappa shape index (κ2) is 5.32. The topological polar surface area (TPSA) is 63.3 Å². The largest absolute Gasteiger partial charge is 0.478 e. The van der Waals surface area contributed by atoms with Gasteiger partial charge in [0.05, 0.1) is 5.56 Å². The van der Waals surface area contributed by atoms with Crippen LogP contribution >= 0.6 is 0 Å². The first kappa shape index (κ1) is 12.1. The lowest BCUT2D eigenvalue weighted by molar-refractivity contribution is 0.0697. The van der Waals surface area contributed by atoms with Crippen molar-refractivity contribution in [2.45, 2.75) is 38.1 Å². The third-order valence-electron chi connectivity index (χ3n) is 3.62.